The zero-order chi connectivity index (χ0) is 18.7. The minimum atomic E-state index is -4.77. The standard InChI is InChI=1S/C19H19F3N2O2/c1-23-12-17(25)18(24-10-9-13-5-2-3-8-16(13)24)14-6-4-7-15(11-14)26-19(20,21)22/h2-11,17-18,23,25H,12H2,1H3. The molecule has 0 bridgehead atoms. The Morgan fingerprint density at radius 2 is 1.88 bits per heavy atom. The maximum Gasteiger partial charge on any atom is 0.573 e. The van der Waals surface area contributed by atoms with Crippen molar-refractivity contribution >= 4 is 10.9 Å². The summed E-state index contributed by atoms with van der Waals surface area (Å²) in [6, 6.07) is 14.7. The third-order valence-corrected chi connectivity index (χ3v) is 4.14. The molecule has 0 saturated carbocycles. The van der Waals surface area contributed by atoms with Gasteiger partial charge in [-0.2, -0.15) is 0 Å². The van der Waals surface area contributed by atoms with Gasteiger partial charge in [-0.15, -0.1) is 13.2 Å². The molecule has 2 N–H and O–H groups in total. The number of para-hydroxylation sites is 1. The van der Waals surface area contributed by atoms with E-state index in [0.29, 0.717) is 5.56 Å². The minimum absolute atomic E-state index is 0.279. The summed E-state index contributed by atoms with van der Waals surface area (Å²) in [5.41, 5.74) is 1.41. The monoisotopic (exact) mass is 364 g/mol. The first kappa shape index (κ1) is 18.3. The summed E-state index contributed by atoms with van der Waals surface area (Å²) in [7, 11) is 1.71. The fraction of sp³-hybridized carbons (Fsp3) is 0.263. The molecule has 4 nitrogen and oxygen atoms in total. The minimum Gasteiger partial charge on any atom is -0.406 e. The number of benzene rings is 2. The third kappa shape index (κ3) is 4.00. The van der Waals surface area contributed by atoms with Crippen LogP contribution in [0, 0.1) is 0 Å². The van der Waals surface area contributed by atoms with Crippen LogP contribution in [0.4, 0.5) is 13.2 Å². The highest BCUT2D eigenvalue weighted by atomic mass is 19.4. The van der Waals surface area contributed by atoms with Gasteiger partial charge in [0.2, 0.25) is 0 Å². The number of halogens is 3. The number of likely N-dealkylation sites (N-methyl/N-ethyl adjacent to an activating group) is 1. The average Bonchev–Trinajstić information content (AvgIpc) is 2.98. The second-order valence-electron chi connectivity index (χ2n) is 5.97. The number of nitrogens with one attached hydrogen (secondary N) is 1. The second kappa shape index (κ2) is 7.39. The van der Waals surface area contributed by atoms with E-state index in [0.717, 1.165) is 10.9 Å². The molecule has 3 aromatic rings. The van der Waals surface area contributed by atoms with Crippen LogP contribution in [0.15, 0.2) is 60.8 Å². The van der Waals surface area contributed by atoms with Gasteiger partial charge < -0.3 is 19.7 Å². The van der Waals surface area contributed by atoms with Gasteiger partial charge in [-0.3, -0.25) is 0 Å². The highest BCUT2D eigenvalue weighted by Gasteiger charge is 2.32. The first-order valence-corrected chi connectivity index (χ1v) is 8.13. The summed E-state index contributed by atoms with van der Waals surface area (Å²) in [6.45, 7) is 0.279. The molecule has 3 rings (SSSR count). The van der Waals surface area contributed by atoms with E-state index in [2.05, 4.69) is 10.1 Å². The van der Waals surface area contributed by atoms with Gasteiger partial charge in [0.15, 0.2) is 0 Å². The zero-order valence-electron chi connectivity index (χ0n) is 14.1. The quantitative estimate of drug-likeness (QED) is 0.701. The van der Waals surface area contributed by atoms with Crippen LogP contribution in [0.2, 0.25) is 0 Å². The van der Waals surface area contributed by atoms with Gasteiger partial charge in [-0.25, -0.2) is 0 Å². The lowest BCUT2D eigenvalue weighted by Gasteiger charge is -2.26. The zero-order valence-corrected chi connectivity index (χ0v) is 14.1. The smallest absolute Gasteiger partial charge is 0.406 e. The lowest BCUT2D eigenvalue weighted by Crippen LogP contribution is -2.33. The van der Waals surface area contributed by atoms with E-state index in [9.17, 15) is 18.3 Å². The molecule has 2 unspecified atom stereocenters. The van der Waals surface area contributed by atoms with Crippen LogP contribution in [-0.4, -0.2) is 35.7 Å². The van der Waals surface area contributed by atoms with Crippen LogP contribution < -0.4 is 10.1 Å². The third-order valence-electron chi connectivity index (χ3n) is 4.14. The first-order valence-electron chi connectivity index (χ1n) is 8.13. The van der Waals surface area contributed by atoms with Gasteiger partial charge in [0.05, 0.1) is 12.1 Å². The highest BCUT2D eigenvalue weighted by Crippen LogP contribution is 2.31. The van der Waals surface area contributed by atoms with E-state index < -0.39 is 18.5 Å². The number of rotatable bonds is 6. The fourth-order valence-corrected chi connectivity index (χ4v) is 3.13. The predicted molar refractivity (Wildman–Crippen MR) is 93.1 cm³/mol. The van der Waals surface area contributed by atoms with E-state index in [1.807, 2.05) is 41.1 Å². The van der Waals surface area contributed by atoms with E-state index in [1.165, 1.54) is 18.2 Å². The topological polar surface area (TPSA) is 46.4 Å². The summed E-state index contributed by atoms with van der Waals surface area (Å²) in [5, 5.41) is 14.6. The highest BCUT2D eigenvalue weighted by molar-refractivity contribution is 5.80. The van der Waals surface area contributed by atoms with E-state index in [4.69, 9.17) is 0 Å². The summed E-state index contributed by atoms with van der Waals surface area (Å²) < 4.78 is 43.5. The molecule has 2 atom stereocenters. The molecule has 0 spiro atoms. The SMILES string of the molecule is CNCC(O)C(c1cccc(OC(F)(F)F)c1)n1ccc2ccccc21. The molecule has 0 amide bonds. The number of nitrogens with zero attached hydrogens (tertiary/aromatic N) is 1. The summed E-state index contributed by atoms with van der Waals surface area (Å²) in [4.78, 5) is 0. The summed E-state index contributed by atoms with van der Waals surface area (Å²) in [5.74, 6) is -0.312. The van der Waals surface area contributed by atoms with Crippen LogP contribution in [-0.2, 0) is 0 Å². The molecule has 0 aliphatic rings. The summed E-state index contributed by atoms with van der Waals surface area (Å²) in [6.07, 6.45) is -3.79. The van der Waals surface area contributed by atoms with Crippen molar-refractivity contribution in [3.05, 3.63) is 66.4 Å². The van der Waals surface area contributed by atoms with Crippen molar-refractivity contribution in [1.29, 1.82) is 0 Å². The van der Waals surface area contributed by atoms with Gasteiger partial charge in [0.1, 0.15) is 5.75 Å². The Kier molecular flexibility index (Phi) is 5.20. The van der Waals surface area contributed by atoms with Gasteiger partial charge >= 0.3 is 6.36 Å². The maximum atomic E-state index is 12.5. The molecule has 138 valence electrons. The number of aliphatic hydroxyl groups excluding tert-OH is 1. The lowest BCUT2D eigenvalue weighted by molar-refractivity contribution is -0.274. The number of alkyl halides is 3. The lowest BCUT2D eigenvalue weighted by atomic mass is 10.00. The molecule has 0 aliphatic carbocycles. The normalized spacial score (nSPS) is 14.3. The molecule has 0 aliphatic heterocycles. The molecule has 1 heterocycles. The van der Waals surface area contributed by atoms with Crippen molar-refractivity contribution in [3.63, 3.8) is 0 Å². The second-order valence-corrected chi connectivity index (χ2v) is 5.97. The van der Waals surface area contributed by atoms with Gasteiger partial charge in [0, 0.05) is 18.3 Å². The Hall–Kier alpha value is -2.51. The number of hydrogen-bond donors (Lipinski definition) is 2. The Labute approximate surface area is 148 Å². The van der Waals surface area contributed by atoms with Crippen molar-refractivity contribution in [1.82, 2.24) is 9.88 Å². The van der Waals surface area contributed by atoms with Gasteiger partial charge in [-0.05, 0) is 42.3 Å². The van der Waals surface area contributed by atoms with Crippen LogP contribution in [0.1, 0.15) is 11.6 Å². The van der Waals surface area contributed by atoms with E-state index >= 15 is 0 Å². The number of aromatic nitrogens is 1. The maximum absolute atomic E-state index is 12.5. The molecular weight excluding hydrogens is 345 g/mol. The molecular formula is C19H19F3N2O2. The molecule has 1 aromatic heterocycles. The number of hydrogen-bond acceptors (Lipinski definition) is 3. The molecule has 2 aromatic carbocycles. The van der Waals surface area contributed by atoms with Crippen LogP contribution in [0.3, 0.4) is 0 Å². The Morgan fingerprint density at radius 3 is 2.62 bits per heavy atom. The van der Waals surface area contributed by atoms with Crippen LogP contribution in [0.25, 0.3) is 10.9 Å². The van der Waals surface area contributed by atoms with Crippen LogP contribution >= 0.6 is 0 Å². The number of aliphatic hydroxyl groups is 1. The van der Waals surface area contributed by atoms with Crippen molar-refractivity contribution in [2.24, 2.45) is 0 Å². The molecule has 0 fully saturated rings. The van der Waals surface area contributed by atoms with Crippen molar-refractivity contribution in [2.45, 2.75) is 18.5 Å². The first-order chi connectivity index (χ1) is 12.4. The summed E-state index contributed by atoms with van der Waals surface area (Å²) >= 11 is 0. The predicted octanol–water partition coefficient (Wildman–Crippen LogP) is 3.71. The Bertz CT molecular complexity index is 876. The average molecular weight is 364 g/mol. The fourth-order valence-electron chi connectivity index (χ4n) is 3.13. The largest absolute Gasteiger partial charge is 0.573 e. The molecule has 0 radical (unpaired) electrons. The van der Waals surface area contributed by atoms with Gasteiger partial charge in [0.25, 0.3) is 0 Å². The molecule has 26 heavy (non-hydrogen) atoms. The van der Waals surface area contributed by atoms with E-state index in [1.54, 1.807) is 13.1 Å². The molecule has 7 heteroatoms. The van der Waals surface area contributed by atoms with Crippen molar-refractivity contribution in [2.75, 3.05) is 13.6 Å². The van der Waals surface area contributed by atoms with Gasteiger partial charge in [-0.1, -0.05) is 30.3 Å². The number of fused-ring (bicyclic) bond motifs is 1. The molecule has 0 saturated heterocycles. The van der Waals surface area contributed by atoms with E-state index in [-0.39, 0.29) is 12.3 Å². The van der Waals surface area contributed by atoms with Crippen LogP contribution in [0.5, 0.6) is 5.75 Å². The van der Waals surface area contributed by atoms with Crippen molar-refractivity contribution in [3.8, 4) is 5.75 Å². The van der Waals surface area contributed by atoms with Crippen molar-refractivity contribution < 1.29 is 23.0 Å². The Balaban J connectivity index is 2.06. The number of ether oxygens (including phenoxy) is 1. The Morgan fingerprint density at radius 1 is 1.12 bits per heavy atom.